The third kappa shape index (κ3) is 6.41. The number of hydrogen-bond acceptors (Lipinski definition) is 6. The summed E-state index contributed by atoms with van der Waals surface area (Å²) >= 11 is 5.81. The third-order valence-electron chi connectivity index (χ3n) is 4.08. The lowest BCUT2D eigenvalue weighted by atomic mass is 10.2. The summed E-state index contributed by atoms with van der Waals surface area (Å²) in [4.78, 5) is 36.1. The summed E-state index contributed by atoms with van der Waals surface area (Å²) in [5.74, 6) is -1.45. The maximum atomic E-state index is 12.2. The molecule has 3 aromatic carbocycles. The van der Waals surface area contributed by atoms with Gasteiger partial charge in [-0.2, -0.15) is 5.10 Å². The van der Waals surface area contributed by atoms with Crippen molar-refractivity contribution in [2.45, 2.75) is 0 Å². The van der Waals surface area contributed by atoms with Crippen LogP contribution in [0.4, 0.5) is 5.69 Å². The maximum Gasteiger partial charge on any atom is 0.343 e. The van der Waals surface area contributed by atoms with Crippen LogP contribution in [0.25, 0.3) is 0 Å². The Labute approximate surface area is 188 Å². The average molecular weight is 452 g/mol. The molecule has 162 valence electrons. The summed E-state index contributed by atoms with van der Waals surface area (Å²) < 4.78 is 10.4. The van der Waals surface area contributed by atoms with Gasteiger partial charge in [0, 0.05) is 10.7 Å². The van der Waals surface area contributed by atoms with Crippen LogP contribution in [-0.2, 0) is 9.59 Å². The van der Waals surface area contributed by atoms with E-state index < -0.39 is 17.8 Å². The molecule has 0 saturated carbocycles. The minimum absolute atomic E-state index is 0.289. The van der Waals surface area contributed by atoms with E-state index >= 15 is 0 Å². The summed E-state index contributed by atoms with van der Waals surface area (Å²) in [5.41, 5.74) is 3.47. The molecule has 0 saturated heterocycles. The van der Waals surface area contributed by atoms with Gasteiger partial charge in [-0.1, -0.05) is 23.7 Å². The molecule has 32 heavy (non-hydrogen) atoms. The predicted octanol–water partition coefficient (Wildman–Crippen LogP) is 3.66. The van der Waals surface area contributed by atoms with Gasteiger partial charge in [-0.15, -0.1) is 0 Å². The Hall–Kier alpha value is -4.17. The van der Waals surface area contributed by atoms with E-state index in [1.807, 2.05) is 0 Å². The first-order valence-electron chi connectivity index (χ1n) is 9.31. The number of hydrogen-bond donors (Lipinski definition) is 2. The van der Waals surface area contributed by atoms with Gasteiger partial charge in [0.25, 0.3) is 0 Å². The van der Waals surface area contributed by atoms with Crippen LogP contribution in [0.1, 0.15) is 15.9 Å². The predicted molar refractivity (Wildman–Crippen MR) is 120 cm³/mol. The Morgan fingerprint density at radius 3 is 2.31 bits per heavy atom. The number of benzene rings is 3. The zero-order valence-electron chi connectivity index (χ0n) is 16.9. The van der Waals surface area contributed by atoms with Crippen molar-refractivity contribution in [2.75, 3.05) is 12.4 Å². The van der Waals surface area contributed by atoms with Gasteiger partial charge in [-0.3, -0.25) is 9.59 Å². The van der Waals surface area contributed by atoms with Crippen molar-refractivity contribution in [1.29, 1.82) is 0 Å². The van der Waals surface area contributed by atoms with Crippen LogP contribution in [0.5, 0.6) is 11.5 Å². The van der Waals surface area contributed by atoms with Crippen molar-refractivity contribution in [2.24, 2.45) is 5.10 Å². The molecular formula is C23H18ClN3O5. The molecule has 3 aromatic rings. The number of anilines is 1. The molecule has 0 unspecified atom stereocenters. The highest BCUT2D eigenvalue weighted by Gasteiger charge is 2.13. The van der Waals surface area contributed by atoms with Crippen LogP contribution < -0.4 is 20.2 Å². The largest absolute Gasteiger partial charge is 0.497 e. The summed E-state index contributed by atoms with van der Waals surface area (Å²) in [6, 6.07) is 19.3. The topological polar surface area (TPSA) is 106 Å². The van der Waals surface area contributed by atoms with E-state index in [9.17, 15) is 14.4 Å². The van der Waals surface area contributed by atoms with E-state index in [2.05, 4.69) is 15.8 Å². The molecule has 0 radical (unpaired) electrons. The van der Waals surface area contributed by atoms with E-state index in [1.54, 1.807) is 72.8 Å². The number of esters is 1. The highest BCUT2D eigenvalue weighted by molar-refractivity contribution is 6.39. The first-order chi connectivity index (χ1) is 15.4. The van der Waals surface area contributed by atoms with E-state index in [1.165, 1.54) is 13.3 Å². The number of nitrogens with zero attached hydrogens (tertiary/aromatic N) is 1. The number of ether oxygens (including phenoxy) is 2. The SMILES string of the molecule is COc1ccc(NC(=O)C(=O)N/N=C/c2cccc(OC(=O)c3ccc(Cl)cc3)c2)cc1. The van der Waals surface area contributed by atoms with Crippen LogP contribution in [-0.4, -0.2) is 31.1 Å². The van der Waals surface area contributed by atoms with Crippen molar-refractivity contribution in [3.05, 3.63) is 88.9 Å². The number of carbonyl (C=O) groups excluding carboxylic acids is 3. The zero-order valence-corrected chi connectivity index (χ0v) is 17.6. The van der Waals surface area contributed by atoms with Crippen LogP contribution in [0, 0.1) is 0 Å². The first kappa shape index (κ1) is 22.5. The molecule has 9 heteroatoms. The minimum Gasteiger partial charge on any atom is -0.497 e. The number of amides is 2. The number of rotatable bonds is 6. The summed E-state index contributed by atoms with van der Waals surface area (Å²) in [6.07, 6.45) is 1.32. The molecule has 0 spiro atoms. The normalized spacial score (nSPS) is 10.4. The van der Waals surface area contributed by atoms with Crippen molar-refractivity contribution in [3.8, 4) is 11.5 Å². The summed E-state index contributed by atoms with van der Waals surface area (Å²) in [6.45, 7) is 0. The smallest absolute Gasteiger partial charge is 0.343 e. The van der Waals surface area contributed by atoms with Gasteiger partial charge in [-0.25, -0.2) is 10.2 Å². The third-order valence-corrected chi connectivity index (χ3v) is 4.33. The molecule has 0 fully saturated rings. The van der Waals surface area contributed by atoms with Gasteiger partial charge in [0.15, 0.2) is 0 Å². The molecular weight excluding hydrogens is 434 g/mol. The molecule has 0 bridgehead atoms. The second-order valence-electron chi connectivity index (χ2n) is 6.35. The second-order valence-corrected chi connectivity index (χ2v) is 6.79. The number of nitrogens with one attached hydrogen (secondary N) is 2. The molecule has 0 aromatic heterocycles. The fraction of sp³-hybridized carbons (Fsp3) is 0.0435. The molecule has 2 amide bonds. The molecule has 0 aliphatic rings. The number of hydrazone groups is 1. The Morgan fingerprint density at radius 1 is 0.906 bits per heavy atom. The molecule has 0 atom stereocenters. The van der Waals surface area contributed by atoms with Crippen LogP contribution in [0.3, 0.4) is 0 Å². The average Bonchev–Trinajstić information content (AvgIpc) is 2.80. The molecule has 2 N–H and O–H groups in total. The molecule has 0 aliphatic heterocycles. The second kappa shape index (κ2) is 10.7. The fourth-order valence-electron chi connectivity index (χ4n) is 2.49. The van der Waals surface area contributed by atoms with Crippen LogP contribution in [0.2, 0.25) is 5.02 Å². The molecule has 3 rings (SSSR count). The zero-order chi connectivity index (χ0) is 22.9. The van der Waals surface area contributed by atoms with Gasteiger partial charge in [0.05, 0.1) is 18.9 Å². The van der Waals surface area contributed by atoms with Crippen LogP contribution in [0.15, 0.2) is 77.9 Å². The number of halogens is 1. The Kier molecular flexibility index (Phi) is 7.55. The van der Waals surface area contributed by atoms with Crippen LogP contribution >= 0.6 is 11.6 Å². The van der Waals surface area contributed by atoms with Crippen molar-refractivity contribution in [3.63, 3.8) is 0 Å². The van der Waals surface area contributed by atoms with Gasteiger partial charge >= 0.3 is 17.8 Å². The molecule has 0 aliphatic carbocycles. The molecule has 0 heterocycles. The Bertz CT molecular complexity index is 1150. The monoisotopic (exact) mass is 451 g/mol. The maximum absolute atomic E-state index is 12.2. The van der Waals surface area contributed by atoms with E-state index in [4.69, 9.17) is 21.1 Å². The van der Waals surface area contributed by atoms with Crippen molar-refractivity contribution < 1.29 is 23.9 Å². The Balaban J connectivity index is 1.54. The van der Waals surface area contributed by atoms with Gasteiger partial charge in [0.2, 0.25) is 0 Å². The fourth-order valence-corrected chi connectivity index (χ4v) is 2.61. The lowest BCUT2D eigenvalue weighted by Gasteiger charge is -2.06. The van der Waals surface area contributed by atoms with E-state index in [0.29, 0.717) is 27.6 Å². The van der Waals surface area contributed by atoms with Crippen molar-refractivity contribution >= 4 is 41.3 Å². The molecule has 8 nitrogen and oxygen atoms in total. The van der Waals surface area contributed by atoms with Crippen molar-refractivity contribution in [1.82, 2.24) is 5.43 Å². The quantitative estimate of drug-likeness (QED) is 0.195. The lowest BCUT2D eigenvalue weighted by molar-refractivity contribution is -0.136. The van der Waals surface area contributed by atoms with Gasteiger partial charge < -0.3 is 14.8 Å². The van der Waals surface area contributed by atoms with Gasteiger partial charge in [0.1, 0.15) is 11.5 Å². The van der Waals surface area contributed by atoms with E-state index in [0.717, 1.165) is 0 Å². The highest BCUT2D eigenvalue weighted by atomic mass is 35.5. The Morgan fingerprint density at radius 2 is 1.62 bits per heavy atom. The standard InChI is InChI=1S/C23H18ClN3O5/c1-31-19-11-9-18(10-12-19)26-21(28)22(29)27-25-14-15-3-2-4-20(13-15)32-23(30)16-5-7-17(24)8-6-16/h2-14H,1H3,(H,26,28)(H,27,29)/b25-14+. The summed E-state index contributed by atoms with van der Waals surface area (Å²) in [7, 11) is 1.53. The number of methoxy groups -OCH3 is 1. The van der Waals surface area contributed by atoms with E-state index in [-0.39, 0.29) is 5.75 Å². The highest BCUT2D eigenvalue weighted by Crippen LogP contribution is 2.16. The van der Waals surface area contributed by atoms with Gasteiger partial charge in [-0.05, 0) is 66.2 Å². The number of carbonyl (C=O) groups is 3. The lowest BCUT2D eigenvalue weighted by Crippen LogP contribution is -2.32. The first-order valence-corrected chi connectivity index (χ1v) is 9.68. The summed E-state index contributed by atoms with van der Waals surface area (Å²) in [5, 5.41) is 6.72. The minimum atomic E-state index is -0.942.